The van der Waals surface area contributed by atoms with E-state index >= 15 is 0 Å². The number of benzene rings is 1. The van der Waals surface area contributed by atoms with Crippen molar-refractivity contribution in [3.05, 3.63) is 22.8 Å². The van der Waals surface area contributed by atoms with Crippen molar-refractivity contribution in [2.45, 2.75) is 45.1 Å². The number of rotatable bonds is 1. The van der Waals surface area contributed by atoms with Gasteiger partial charge in [-0.05, 0) is 32.4 Å². The summed E-state index contributed by atoms with van der Waals surface area (Å²) in [7, 11) is 0. The highest BCUT2D eigenvalue weighted by atomic mass is 35.5. The fourth-order valence-corrected chi connectivity index (χ4v) is 3.34. The molecule has 1 aromatic carbocycles. The summed E-state index contributed by atoms with van der Waals surface area (Å²) in [5, 5.41) is 3.35. The van der Waals surface area contributed by atoms with Crippen LogP contribution in [0.4, 0.5) is 5.69 Å². The Morgan fingerprint density at radius 1 is 1.45 bits per heavy atom. The molecular weight excluding hydrogens is 292 g/mol. The van der Waals surface area contributed by atoms with E-state index < -0.39 is 0 Å². The summed E-state index contributed by atoms with van der Waals surface area (Å²) < 4.78 is 6.13. The van der Waals surface area contributed by atoms with Crippen LogP contribution in [0.2, 0.25) is 0 Å². The molecule has 20 heavy (non-hydrogen) atoms. The maximum absolute atomic E-state index is 6.13. The number of aryl methyl sites for hydroxylation is 1. The molecule has 0 fully saturated rings. The lowest BCUT2D eigenvalue weighted by Crippen LogP contribution is -2.28. The number of fused-ring (bicyclic) bond motifs is 3. The molecule has 3 nitrogen and oxygen atoms in total. The van der Waals surface area contributed by atoms with E-state index in [0.29, 0.717) is 12.5 Å². The molecule has 110 valence electrons. The highest BCUT2D eigenvalue weighted by molar-refractivity contribution is 7.80. The number of thiocarbonyl (C=S) groups is 1. The first-order valence-electron chi connectivity index (χ1n) is 6.74. The van der Waals surface area contributed by atoms with Gasteiger partial charge in [-0.2, -0.15) is 0 Å². The van der Waals surface area contributed by atoms with Gasteiger partial charge in [0.1, 0.15) is 11.9 Å². The number of hydrogen-bond donors (Lipinski definition) is 2. The molecule has 0 saturated heterocycles. The van der Waals surface area contributed by atoms with Crippen LogP contribution in [0.3, 0.4) is 0 Å². The molecule has 0 saturated carbocycles. The van der Waals surface area contributed by atoms with E-state index in [2.05, 4.69) is 39.1 Å². The van der Waals surface area contributed by atoms with Gasteiger partial charge in [0.05, 0.1) is 4.99 Å². The van der Waals surface area contributed by atoms with E-state index in [1.807, 2.05) is 0 Å². The van der Waals surface area contributed by atoms with Crippen molar-refractivity contribution in [1.29, 1.82) is 0 Å². The third-order valence-corrected chi connectivity index (χ3v) is 5.10. The Morgan fingerprint density at radius 2 is 2.10 bits per heavy atom. The molecule has 2 aliphatic heterocycles. The van der Waals surface area contributed by atoms with Gasteiger partial charge in [0.25, 0.3) is 0 Å². The van der Waals surface area contributed by atoms with Crippen molar-refractivity contribution >= 4 is 35.3 Å². The van der Waals surface area contributed by atoms with E-state index in [0.717, 1.165) is 16.4 Å². The van der Waals surface area contributed by atoms with Gasteiger partial charge in [0.15, 0.2) is 0 Å². The molecule has 0 radical (unpaired) electrons. The Balaban J connectivity index is 0.00000147. The minimum absolute atomic E-state index is 0. The Kier molecular flexibility index (Phi) is 3.78. The monoisotopic (exact) mass is 312 g/mol. The molecule has 5 heteroatoms. The number of ether oxygens (including phenoxy) is 1. The third kappa shape index (κ3) is 1.85. The van der Waals surface area contributed by atoms with Crippen molar-refractivity contribution < 1.29 is 4.74 Å². The van der Waals surface area contributed by atoms with Crippen molar-refractivity contribution in [3.63, 3.8) is 0 Å². The molecular formula is C15H21ClN2OS. The average Bonchev–Trinajstić information content (AvgIpc) is 2.78. The zero-order valence-electron chi connectivity index (χ0n) is 12.2. The lowest BCUT2D eigenvalue weighted by atomic mass is 9.83. The fraction of sp³-hybridized carbons (Fsp3) is 0.533. The second kappa shape index (κ2) is 4.86. The Morgan fingerprint density at radius 3 is 2.70 bits per heavy atom. The van der Waals surface area contributed by atoms with Crippen LogP contribution in [0.1, 0.15) is 43.4 Å². The summed E-state index contributed by atoms with van der Waals surface area (Å²) in [4.78, 5) is 0.867. The Bertz CT molecular complexity index is 586. The summed E-state index contributed by atoms with van der Waals surface area (Å²) in [6, 6.07) is 2.21. The van der Waals surface area contributed by atoms with Gasteiger partial charge in [-0.25, -0.2) is 0 Å². The molecule has 0 aliphatic carbocycles. The maximum atomic E-state index is 6.13. The fourth-order valence-electron chi connectivity index (χ4n) is 3.14. The Hall–Kier alpha value is -0.840. The molecule has 0 unspecified atom stereocenters. The second-order valence-corrected chi connectivity index (χ2v) is 6.53. The first kappa shape index (κ1) is 15.5. The summed E-state index contributed by atoms with van der Waals surface area (Å²) in [6.07, 6.45) is 0.0749. The van der Waals surface area contributed by atoms with Crippen molar-refractivity contribution in [1.82, 2.24) is 0 Å². The maximum Gasteiger partial charge on any atom is 0.129 e. The standard InChI is InChI=1S/C15H20N2OS.ClH/c1-7-5-9-8(2)10(6-16)18-13(9)11-12(7)17-14(19)15(11,3)4;/h5,8,10H,6,16H2,1-4H3,(H,17,19);1H/t8-,10+;/m1./s1. The van der Waals surface area contributed by atoms with E-state index in [1.165, 1.54) is 16.7 Å². The molecule has 0 spiro atoms. The summed E-state index contributed by atoms with van der Waals surface area (Å²) in [5.74, 6) is 1.34. The zero-order chi connectivity index (χ0) is 13.9. The van der Waals surface area contributed by atoms with Crippen molar-refractivity contribution in [2.75, 3.05) is 11.9 Å². The first-order valence-corrected chi connectivity index (χ1v) is 7.15. The highest BCUT2D eigenvalue weighted by Crippen LogP contribution is 2.52. The van der Waals surface area contributed by atoms with Crippen LogP contribution in [0, 0.1) is 6.92 Å². The number of anilines is 1. The number of nitrogens with one attached hydrogen (secondary N) is 1. The van der Waals surface area contributed by atoms with Gasteiger partial charge in [-0.1, -0.05) is 19.1 Å². The largest absolute Gasteiger partial charge is 0.488 e. The van der Waals surface area contributed by atoms with Crippen molar-refractivity contribution in [2.24, 2.45) is 5.73 Å². The summed E-state index contributed by atoms with van der Waals surface area (Å²) in [6.45, 7) is 9.15. The second-order valence-electron chi connectivity index (χ2n) is 6.12. The normalized spacial score (nSPS) is 25.4. The van der Waals surface area contributed by atoms with Crippen LogP contribution < -0.4 is 15.8 Å². The van der Waals surface area contributed by atoms with Crippen LogP contribution in [-0.4, -0.2) is 17.6 Å². The van der Waals surface area contributed by atoms with E-state index in [9.17, 15) is 0 Å². The number of hydrogen-bond acceptors (Lipinski definition) is 3. The van der Waals surface area contributed by atoms with Crippen LogP contribution in [0.15, 0.2) is 6.07 Å². The van der Waals surface area contributed by atoms with Gasteiger partial charge >= 0.3 is 0 Å². The van der Waals surface area contributed by atoms with Gasteiger partial charge in [-0.3, -0.25) is 0 Å². The third-order valence-electron chi connectivity index (χ3n) is 4.49. The van der Waals surface area contributed by atoms with Gasteiger partial charge in [0.2, 0.25) is 0 Å². The van der Waals surface area contributed by atoms with Gasteiger partial charge in [-0.15, -0.1) is 12.4 Å². The van der Waals surface area contributed by atoms with E-state index in [4.69, 9.17) is 22.7 Å². The van der Waals surface area contributed by atoms with Crippen LogP contribution in [-0.2, 0) is 5.41 Å². The van der Waals surface area contributed by atoms with Gasteiger partial charge < -0.3 is 15.8 Å². The molecule has 3 rings (SSSR count). The SMILES string of the molecule is Cc1cc2c(c3c1NC(=S)C3(C)C)O[C@@H](CN)[C@@H]2C.Cl. The molecule has 2 atom stereocenters. The predicted octanol–water partition coefficient (Wildman–Crippen LogP) is 3.27. The van der Waals surface area contributed by atoms with Crippen LogP contribution in [0.5, 0.6) is 5.75 Å². The average molecular weight is 313 g/mol. The van der Waals surface area contributed by atoms with Gasteiger partial charge in [0, 0.05) is 34.7 Å². The molecule has 0 amide bonds. The summed E-state index contributed by atoms with van der Waals surface area (Å²) >= 11 is 5.49. The molecule has 0 bridgehead atoms. The molecule has 3 N–H and O–H groups in total. The zero-order valence-corrected chi connectivity index (χ0v) is 13.9. The lowest BCUT2D eigenvalue weighted by Gasteiger charge is -2.21. The minimum atomic E-state index is -0.177. The lowest BCUT2D eigenvalue weighted by molar-refractivity contribution is 0.217. The predicted molar refractivity (Wildman–Crippen MR) is 89.6 cm³/mol. The van der Waals surface area contributed by atoms with Crippen LogP contribution >= 0.6 is 24.6 Å². The van der Waals surface area contributed by atoms with Crippen LogP contribution in [0.25, 0.3) is 0 Å². The molecule has 1 aromatic rings. The molecule has 0 aromatic heterocycles. The molecule has 2 heterocycles. The Labute approximate surface area is 131 Å². The summed E-state index contributed by atoms with van der Waals surface area (Å²) in [5.41, 5.74) is 10.5. The number of halogens is 1. The van der Waals surface area contributed by atoms with Crippen molar-refractivity contribution in [3.8, 4) is 5.75 Å². The highest BCUT2D eigenvalue weighted by Gasteiger charge is 2.43. The molecule has 2 aliphatic rings. The van der Waals surface area contributed by atoms with E-state index in [1.54, 1.807) is 0 Å². The first-order chi connectivity index (χ1) is 8.87. The van der Waals surface area contributed by atoms with E-state index in [-0.39, 0.29) is 23.9 Å². The quantitative estimate of drug-likeness (QED) is 0.781. The topological polar surface area (TPSA) is 47.3 Å². The number of nitrogens with two attached hydrogens (primary N) is 1. The smallest absolute Gasteiger partial charge is 0.129 e. The minimum Gasteiger partial charge on any atom is -0.488 e.